The molecule has 0 saturated carbocycles. The smallest absolute Gasteiger partial charge is 0.338 e. The average molecular weight is 203 g/mol. The van der Waals surface area contributed by atoms with E-state index < -0.39 is 0 Å². The summed E-state index contributed by atoms with van der Waals surface area (Å²) in [4.78, 5) is 14.6. The summed E-state index contributed by atoms with van der Waals surface area (Å²) in [6.45, 7) is 4.19. The Kier molecular flexibility index (Phi) is 2.46. The summed E-state index contributed by atoms with van der Waals surface area (Å²) in [6, 6.07) is 7.57. The molecule has 1 aromatic carbocycles. The van der Waals surface area contributed by atoms with E-state index in [1.54, 1.807) is 13.0 Å². The number of esters is 1. The lowest BCUT2D eigenvalue weighted by Gasteiger charge is -2.01. The van der Waals surface area contributed by atoms with E-state index in [-0.39, 0.29) is 5.97 Å². The third-order valence-electron chi connectivity index (χ3n) is 2.27. The normalized spacial score (nSPS) is 10.5. The second kappa shape index (κ2) is 3.77. The number of benzene rings is 1. The van der Waals surface area contributed by atoms with Gasteiger partial charge in [0.1, 0.15) is 0 Å². The Bertz CT molecular complexity index is 499. The summed E-state index contributed by atoms with van der Waals surface area (Å²) in [6.07, 6.45) is 0. The van der Waals surface area contributed by atoms with Gasteiger partial charge in [-0.25, -0.2) is 4.79 Å². The maximum atomic E-state index is 11.5. The Morgan fingerprint density at radius 3 is 2.93 bits per heavy atom. The molecule has 2 rings (SSSR count). The minimum atomic E-state index is -0.272. The van der Waals surface area contributed by atoms with Crippen molar-refractivity contribution in [1.29, 1.82) is 0 Å². The van der Waals surface area contributed by atoms with Crippen molar-refractivity contribution >= 4 is 16.9 Å². The van der Waals surface area contributed by atoms with Gasteiger partial charge in [-0.15, -0.1) is 0 Å². The number of ether oxygens (including phenoxy) is 1. The summed E-state index contributed by atoms with van der Waals surface area (Å²) in [5.41, 5.74) is 2.65. The molecule has 0 unspecified atom stereocenters. The highest BCUT2D eigenvalue weighted by Gasteiger charge is 2.07. The van der Waals surface area contributed by atoms with Gasteiger partial charge in [0.25, 0.3) is 0 Å². The average Bonchev–Trinajstić information content (AvgIpc) is 2.57. The van der Waals surface area contributed by atoms with Gasteiger partial charge in [0.2, 0.25) is 0 Å². The third-order valence-corrected chi connectivity index (χ3v) is 2.27. The number of aromatic amines is 1. The van der Waals surface area contributed by atoms with Crippen molar-refractivity contribution in [2.24, 2.45) is 0 Å². The van der Waals surface area contributed by atoms with E-state index in [2.05, 4.69) is 4.98 Å². The van der Waals surface area contributed by atoms with Crippen LogP contribution >= 0.6 is 0 Å². The standard InChI is InChI=1S/C12H13NO2/c1-3-15-12(14)10-5-4-9-6-8(2)13-11(9)7-10/h4-7,13H,3H2,1-2H3. The first kappa shape index (κ1) is 9.77. The molecule has 3 nitrogen and oxygen atoms in total. The molecule has 3 heteroatoms. The van der Waals surface area contributed by atoms with E-state index in [4.69, 9.17) is 4.74 Å². The molecule has 0 aliphatic rings. The Morgan fingerprint density at radius 1 is 1.40 bits per heavy atom. The van der Waals surface area contributed by atoms with Gasteiger partial charge in [0.15, 0.2) is 0 Å². The summed E-state index contributed by atoms with van der Waals surface area (Å²) >= 11 is 0. The van der Waals surface area contributed by atoms with Crippen LogP contribution in [0, 0.1) is 6.92 Å². The number of aromatic nitrogens is 1. The van der Waals surface area contributed by atoms with E-state index in [1.165, 1.54) is 0 Å². The summed E-state index contributed by atoms with van der Waals surface area (Å²) in [5.74, 6) is -0.272. The van der Waals surface area contributed by atoms with Crippen LogP contribution in [0.25, 0.3) is 10.9 Å². The van der Waals surface area contributed by atoms with Crippen LogP contribution in [0.2, 0.25) is 0 Å². The van der Waals surface area contributed by atoms with Gasteiger partial charge < -0.3 is 9.72 Å². The zero-order chi connectivity index (χ0) is 10.8. The maximum Gasteiger partial charge on any atom is 0.338 e. The monoisotopic (exact) mass is 203 g/mol. The predicted molar refractivity (Wildman–Crippen MR) is 59.0 cm³/mol. The SMILES string of the molecule is CCOC(=O)c1ccc2cc(C)[nH]c2c1. The minimum Gasteiger partial charge on any atom is -0.462 e. The largest absolute Gasteiger partial charge is 0.462 e. The number of aryl methyl sites for hydroxylation is 1. The van der Waals surface area contributed by atoms with Crippen LogP contribution in [0.1, 0.15) is 23.0 Å². The van der Waals surface area contributed by atoms with Crippen molar-refractivity contribution in [1.82, 2.24) is 4.98 Å². The molecule has 1 aromatic heterocycles. The van der Waals surface area contributed by atoms with Crippen LogP contribution < -0.4 is 0 Å². The van der Waals surface area contributed by atoms with Crippen molar-refractivity contribution < 1.29 is 9.53 Å². The maximum absolute atomic E-state index is 11.5. The van der Waals surface area contributed by atoms with E-state index >= 15 is 0 Å². The van der Waals surface area contributed by atoms with E-state index in [9.17, 15) is 4.79 Å². The molecule has 0 aliphatic carbocycles. The molecule has 1 heterocycles. The molecular formula is C12H13NO2. The van der Waals surface area contributed by atoms with Gasteiger partial charge in [-0.05, 0) is 37.4 Å². The molecule has 0 aliphatic heterocycles. The van der Waals surface area contributed by atoms with Crippen molar-refractivity contribution in [3.05, 3.63) is 35.5 Å². The summed E-state index contributed by atoms with van der Waals surface area (Å²) in [7, 11) is 0. The first-order valence-electron chi connectivity index (χ1n) is 4.97. The zero-order valence-electron chi connectivity index (χ0n) is 8.83. The third kappa shape index (κ3) is 1.86. The van der Waals surface area contributed by atoms with Crippen LogP contribution in [0.3, 0.4) is 0 Å². The molecule has 0 fully saturated rings. The fourth-order valence-electron chi connectivity index (χ4n) is 1.61. The van der Waals surface area contributed by atoms with Crippen molar-refractivity contribution in [2.75, 3.05) is 6.61 Å². The Morgan fingerprint density at radius 2 is 2.20 bits per heavy atom. The highest BCUT2D eigenvalue weighted by molar-refractivity contribution is 5.94. The highest BCUT2D eigenvalue weighted by atomic mass is 16.5. The summed E-state index contributed by atoms with van der Waals surface area (Å²) in [5, 5.41) is 1.11. The number of nitrogens with one attached hydrogen (secondary N) is 1. The number of H-pyrrole nitrogens is 1. The molecule has 78 valence electrons. The Balaban J connectivity index is 2.41. The molecule has 15 heavy (non-hydrogen) atoms. The second-order valence-electron chi connectivity index (χ2n) is 3.47. The van der Waals surface area contributed by atoms with Crippen LogP contribution in [0.5, 0.6) is 0 Å². The number of hydrogen-bond acceptors (Lipinski definition) is 2. The Hall–Kier alpha value is -1.77. The lowest BCUT2D eigenvalue weighted by atomic mass is 10.1. The first-order valence-corrected chi connectivity index (χ1v) is 4.97. The fraction of sp³-hybridized carbons (Fsp3) is 0.250. The van der Waals surface area contributed by atoms with Crippen molar-refractivity contribution in [3.63, 3.8) is 0 Å². The lowest BCUT2D eigenvalue weighted by Crippen LogP contribution is -2.03. The fourth-order valence-corrected chi connectivity index (χ4v) is 1.61. The van der Waals surface area contributed by atoms with Gasteiger partial charge in [0, 0.05) is 11.2 Å². The number of hydrogen-bond donors (Lipinski definition) is 1. The molecular weight excluding hydrogens is 190 g/mol. The van der Waals surface area contributed by atoms with Crippen LogP contribution in [0.4, 0.5) is 0 Å². The quantitative estimate of drug-likeness (QED) is 0.762. The molecule has 0 spiro atoms. The van der Waals surface area contributed by atoms with E-state index in [1.807, 2.05) is 25.1 Å². The number of fused-ring (bicyclic) bond motifs is 1. The van der Waals surface area contributed by atoms with Crippen LogP contribution in [-0.2, 0) is 4.74 Å². The van der Waals surface area contributed by atoms with Gasteiger partial charge in [-0.2, -0.15) is 0 Å². The van der Waals surface area contributed by atoms with Crippen molar-refractivity contribution in [2.45, 2.75) is 13.8 Å². The number of carbonyl (C=O) groups is 1. The predicted octanol–water partition coefficient (Wildman–Crippen LogP) is 2.65. The molecule has 2 aromatic rings. The highest BCUT2D eigenvalue weighted by Crippen LogP contribution is 2.17. The number of carbonyl (C=O) groups excluding carboxylic acids is 1. The minimum absolute atomic E-state index is 0.272. The molecule has 0 saturated heterocycles. The van der Waals surface area contributed by atoms with Crippen molar-refractivity contribution in [3.8, 4) is 0 Å². The van der Waals surface area contributed by atoms with E-state index in [0.29, 0.717) is 12.2 Å². The second-order valence-corrected chi connectivity index (χ2v) is 3.47. The van der Waals surface area contributed by atoms with Gasteiger partial charge >= 0.3 is 5.97 Å². The van der Waals surface area contributed by atoms with Crippen LogP contribution in [0.15, 0.2) is 24.3 Å². The lowest BCUT2D eigenvalue weighted by molar-refractivity contribution is 0.0526. The van der Waals surface area contributed by atoms with Gasteiger partial charge in [0.05, 0.1) is 12.2 Å². The van der Waals surface area contributed by atoms with Crippen LogP contribution in [-0.4, -0.2) is 17.6 Å². The summed E-state index contributed by atoms with van der Waals surface area (Å²) < 4.78 is 4.93. The molecule has 0 atom stereocenters. The zero-order valence-corrected chi connectivity index (χ0v) is 8.83. The molecule has 1 N–H and O–H groups in total. The topological polar surface area (TPSA) is 42.1 Å². The number of rotatable bonds is 2. The van der Waals surface area contributed by atoms with Gasteiger partial charge in [-0.3, -0.25) is 0 Å². The molecule has 0 bridgehead atoms. The van der Waals surface area contributed by atoms with E-state index in [0.717, 1.165) is 16.6 Å². The van der Waals surface area contributed by atoms with Gasteiger partial charge in [-0.1, -0.05) is 6.07 Å². The molecule has 0 amide bonds. The Labute approximate surface area is 88.1 Å². The first-order chi connectivity index (χ1) is 7.20. The molecule has 0 radical (unpaired) electrons.